The lowest BCUT2D eigenvalue weighted by molar-refractivity contribution is 0.175. The molecule has 0 spiro atoms. The Kier molecular flexibility index (Phi) is 3.38. The minimum atomic E-state index is 0.0697. The molecule has 3 heteroatoms. The predicted octanol–water partition coefficient (Wildman–Crippen LogP) is 2.79. The Hall–Kier alpha value is -0.380. The van der Waals surface area contributed by atoms with E-state index >= 15 is 0 Å². The fourth-order valence-electron chi connectivity index (χ4n) is 2.41. The number of nitrogens with one attached hydrogen (secondary N) is 1. The van der Waals surface area contributed by atoms with Gasteiger partial charge in [0.25, 0.3) is 0 Å². The Morgan fingerprint density at radius 1 is 1.50 bits per heavy atom. The fourth-order valence-corrected chi connectivity index (χ4v) is 2.79. The highest BCUT2D eigenvalue weighted by Gasteiger charge is 2.49. The van der Waals surface area contributed by atoms with E-state index < -0.39 is 0 Å². The van der Waals surface area contributed by atoms with Crippen LogP contribution < -0.4 is 5.32 Å². The summed E-state index contributed by atoms with van der Waals surface area (Å²) in [6, 6.07) is 6.60. The SMILES string of the molecule is CNC(c1cc(Br)ccc1C)C1(CO)CC1. The van der Waals surface area contributed by atoms with Crippen LogP contribution in [0.3, 0.4) is 0 Å². The molecule has 1 atom stereocenters. The Balaban J connectivity index is 2.37. The monoisotopic (exact) mass is 283 g/mol. The molecule has 1 aromatic rings. The normalized spacial score (nSPS) is 19.5. The van der Waals surface area contributed by atoms with Crippen LogP contribution in [0.4, 0.5) is 0 Å². The first kappa shape index (κ1) is 12.1. The van der Waals surface area contributed by atoms with E-state index in [0.29, 0.717) is 0 Å². The minimum absolute atomic E-state index is 0.0697. The minimum Gasteiger partial charge on any atom is -0.396 e. The lowest BCUT2D eigenvalue weighted by Gasteiger charge is -2.27. The molecular formula is C13H18BrNO. The molecule has 0 aliphatic heterocycles. The fraction of sp³-hybridized carbons (Fsp3) is 0.538. The van der Waals surface area contributed by atoms with Gasteiger partial charge in [-0.3, -0.25) is 0 Å². The van der Waals surface area contributed by atoms with Crippen molar-refractivity contribution >= 4 is 15.9 Å². The molecule has 1 unspecified atom stereocenters. The zero-order chi connectivity index (χ0) is 11.8. The molecule has 1 aromatic carbocycles. The summed E-state index contributed by atoms with van der Waals surface area (Å²) in [5.74, 6) is 0. The molecule has 0 saturated heterocycles. The molecule has 1 aliphatic carbocycles. The van der Waals surface area contributed by atoms with Crippen LogP contribution in [0.15, 0.2) is 22.7 Å². The number of halogens is 1. The first-order valence-electron chi connectivity index (χ1n) is 5.67. The van der Waals surface area contributed by atoms with Crippen molar-refractivity contribution in [2.45, 2.75) is 25.8 Å². The van der Waals surface area contributed by atoms with Crippen LogP contribution in [0.5, 0.6) is 0 Å². The van der Waals surface area contributed by atoms with E-state index in [1.807, 2.05) is 7.05 Å². The summed E-state index contributed by atoms with van der Waals surface area (Å²) in [5, 5.41) is 12.9. The maximum atomic E-state index is 9.53. The molecule has 1 saturated carbocycles. The maximum Gasteiger partial charge on any atom is 0.0505 e. The molecule has 16 heavy (non-hydrogen) atoms. The van der Waals surface area contributed by atoms with Gasteiger partial charge in [-0.15, -0.1) is 0 Å². The van der Waals surface area contributed by atoms with Gasteiger partial charge in [0.2, 0.25) is 0 Å². The Morgan fingerprint density at radius 2 is 2.19 bits per heavy atom. The van der Waals surface area contributed by atoms with Crippen LogP contribution in [0.1, 0.15) is 30.0 Å². The van der Waals surface area contributed by atoms with E-state index in [1.54, 1.807) is 0 Å². The molecular weight excluding hydrogens is 266 g/mol. The highest BCUT2D eigenvalue weighted by Crippen LogP contribution is 2.54. The lowest BCUT2D eigenvalue weighted by atomic mass is 9.88. The van der Waals surface area contributed by atoms with Crippen LogP contribution in [0.25, 0.3) is 0 Å². The highest BCUT2D eigenvalue weighted by atomic mass is 79.9. The third kappa shape index (κ3) is 2.04. The zero-order valence-corrected chi connectivity index (χ0v) is 11.3. The molecule has 0 bridgehead atoms. The van der Waals surface area contributed by atoms with Crippen molar-refractivity contribution in [1.29, 1.82) is 0 Å². The molecule has 2 rings (SSSR count). The van der Waals surface area contributed by atoms with Crippen molar-refractivity contribution in [3.8, 4) is 0 Å². The van der Waals surface area contributed by atoms with Crippen molar-refractivity contribution in [2.24, 2.45) is 5.41 Å². The summed E-state index contributed by atoms with van der Waals surface area (Å²) in [6.45, 7) is 2.39. The van der Waals surface area contributed by atoms with Gasteiger partial charge >= 0.3 is 0 Å². The van der Waals surface area contributed by atoms with Crippen molar-refractivity contribution in [1.82, 2.24) is 5.32 Å². The van der Waals surface area contributed by atoms with Crippen LogP contribution in [0, 0.1) is 12.3 Å². The van der Waals surface area contributed by atoms with Gasteiger partial charge in [0.15, 0.2) is 0 Å². The van der Waals surface area contributed by atoms with Gasteiger partial charge in [0.1, 0.15) is 0 Å². The van der Waals surface area contributed by atoms with Crippen LogP contribution >= 0.6 is 15.9 Å². The van der Waals surface area contributed by atoms with Crippen molar-refractivity contribution in [2.75, 3.05) is 13.7 Å². The van der Waals surface area contributed by atoms with Crippen LogP contribution in [-0.2, 0) is 0 Å². The lowest BCUT2D eigenvalue weighted by Crippen LogP contribution is -2.29. The maximum absolute atomic E-state index is 9.53. The molecule has 1 aliphatic rings. The number of aliphatic hydroxyl groups is 1. The van der Waals surface area contributed by atoms with E-state index in [2.05, 4.69) is 46.4 Å². The molecule has 0 aromatic heterocycles. The van der Waals surface area contributed by atoms with E-state index in [9.17, 15) is 5.11 Å². The molecule has 1 fully saturated rings. The summed E-state index contributed by atoms with van der Waals surface area (Å²) in [5.41, 5.74) is 2.64. The summed E-state index contributed by atoms with van der Waals surface area (Å²) >= 11 is 3.51. The van der Waals surface area contributed by atoms with Gasteiger partial charge in [0, 0.05) is 15.9 Å². The standard InChI is InChI=1S/C13H18BrNO/c1-9-3-4-10(14)7-11(9)12(15-2)13(8-16)5-6-13/h3-4,7,12,15-16H,5-6,8H2,1-2H3. The zero-order valence-electron chi connectivity index (χ0n) is 9.76. The predicted molar refractivity (Wildman–Crippen MR) is 69.4 cm³/mol. The van der Waals surface area contributed by atoms with E-state index in [1.165, 1.54) is 11.1 Å². The quantitative estimate of drug-likeness (QED) is 0.891. The van der Waals surface area contributed by atoms with E-state index in [0.717, 1.165) is 17.3 Å². The number of benzene rings is 1. The number of aliphatic hydroxyl groups excluding tert-OH is 1. The number of aryl methyl sites for hydroxylation is 1. The van der Waals surface area contributed by atoms with Crippen molar-refractivity contribution < 1.29 is 5.11 Å². The van der Waals surface area contributed by atoms with Crippen molar-refractivity contribution in [3.05, 3.63) is 33.8 Å². The van der Waals surface area contributed by atoms with E-state index in [4.69, 9.17) is 0 Å². The Bertz CT molecular complexity index is 388. The topological polar surface area (TPSA) is 32.3 Å². The van der Waals surface area contributed by atoms with Crippen LogP contribution in [-0.4, -0.2) is 18.8 Å². The average molecular weight is 284 g/mol. The first-order chi connectivity index (χ1) is 7.63. The van der Waals surface area contributed by atoms with Crippen LogP contribution in [0.2, 0.25) is 0 Å². The van der Waals surface area contributed by atoms with Gasteiger partial charge in [-0.05, 0) is 50.1 Å². The molecule has 2 N–H and O–H groups in total. The second kappa shape index (κ2) is 4.47. The molecule has 88 valence electrons. The average Bonchev–Trinajstić information content (AvgIpc) is 3.05. The van der Waals surface area contributed by atoms with Gasteiger partial charge in [-0.2, -0.15) is 0 Å². The number of rotatable bonds is 4. The molecule has 0 radical (unpaired) electrons. The first-order valence-corrected chi connectivity index (χ1v) is 6.46. The Morgan fingerprint density at radius 3 is 2.69 bits per heavy atom. The summed E-state index contributed by atoms with van der Waals surface area (Å²) in [7, 11) is 1.97. The molecule has 2 nitrogen and oxygen atoms in total. The smallest absolute Gasteiger partial charge is 0.0505 e. The molecule has 0 heterocycles. The largest absolute Gasteiger partial charge is 0.396 e. The summed E-state index contributed by atoms with van der Waals surface area (Å²) < 4.78 is 1.10. The van der Waals surface area contributed by atoms with Gasteiger partial charge in [-0.1, -0.05) is 22.0 Å². The highest BCUT2D eigenvalue weighted by molar-refractivity contribution is 9.10. The summed E-state index contributed by atoms with van der Waals surface area (Å²) in [6.07, 6.45) is 2.22. The number of hydrogen-bond donors (Lipinski definition) is 2. The number of hydrogen-bond acceptors (Lipinski definition) is 2. The van der Waals surface area contributed by atoms with Gasteiger partial charge in [-0.25, -0.2) is 0 Å². The second-order valence-electron chi connectivity index (χ2n) is 4.74. The Labute approximate surface area is 105 Å². The second-order valence-corrected chi connectivity index (χ2v) is 5.66. The summed E-state index contributed by atoms with van der Waals surface area (Å²) in [4.78, 5) is 0. The molecule has 0 amide bonds. The third-order valence-corrected chi connectivity index (χ3v) is 4.15. The third-order valence-electron chi connectivity index (χ3n) is 3.66. The van der Waals surface area contributed by atoms with E-state index in [-0.39, 0.29) is 18.1 Å². The van der Waals surface area contributed by atoms with Crippen molar-refractivity contribution in [3.63, 3.8) is 0 Å². The van der Waals surface area contributed by atoms with Gasteiger partial charge in [0.05, 0.1) is 6.61 Å². The van der Waals surface area contributed by atoms with Gasteiger partial charge < -0.3 is 10.4 Å².